The Morgan fingerprint density at radius 1 is 1.00 bits per heavy atom. The smallest absolute Gasteiger partial charge is 0.407 e. The van der Waals surface area contributed by atoms with E-state index in [0.29, 0.717) is 55.6 Å². The number of para-hydroxylation sites is 1. The fourth-order valence-electron chi connectivity index (χ4n) is 6.12. The second-order valence-electron chi connectivity index (χ2n) is 13.5. The van der Waals surface area contributed by atoms with Crippen molar-refractivity contribution in [3.63, 3.8) is 0 Å². The van der Waals surface area contributed by atoms with Crippen molar-refractivity contribution in [3.8, 4) is 5.75 Å². The highest BCUT2D eigenvalue weighted by atomic mass is 35.5. The fraction of sp³-hybridized carbons (Fsp3) is 0.486. The van der Waals surface area contributed by atoms with Gasteiger partial charge in [-0.2, -0.15) is 4.31 Å². The van der Waals surface area contributed by atoms with E-state index in [1.807, 2.05) is 31.2 Å². The van der Waals surface area contributed by atoms with E-state index in [0.717, 1.165) is 11.1 Å². The van der Waals surface area contributed by atoms with E-state index in [9.17, 15) is 22.8 Å². The molecule has 0 radical (unpaired) electrons. The lowest BCUT2D eigenvalue weighted by Crippen LogP contribution is -2.52. The molecule has 0 unspecified atom stereocenters. The highest BCUT2D eigenvalue weighted by Crippen LogP contribution is 2.36. The van der Waals surface area contributed by atoms with E-state index in [4.69, 9.17) is 32.7 Å². The van der Waals surface area contributed by atoms with Crippen LogP contribution in [0, 0.1) is 6.92 Å². The lowest BCUT2D eigenvalue weighted by Gasteiger charge is -2.33. The van der Waals surface area contributed by atoms with Crippen LogP contribution in [0.4, 0.5) is 4.79 Å². The Bertz CT molecular complexity index is 1860. The first-order valence-corrected chi connectivity index (χ1v) is 18.9. The van der Waals surface area contributed by atoms with Gasteiger partial charge in [0.05, 0.1) is 5.02 Å². The Morgan fingerprint density at radius 2 is 1.74 bits per heavy atom. The zero-order chi connectivity index (χ0) is 36.2. The van der Waals surface area contributed by atoms with E-state index in [1.165, 1.54) is 16.4 Å². The number of carbonyl (C=O) groups excluding carboxylic acids is 3. The van der Waals surface area contributed by atoms with Crippen LogP contribution in [0.15, 0.2) is 47.4 Å². The van der Waals surface area contributed by atoms with E-state index in [2.05, 4.69) is 15.6 Å². The number of carbonyl (C=O) groups is 3. The molecule has 2 saturated heterocycles. The average Bonchev–Trinajstić information content (AvgIpc) is 3.56. The average molecular weight is 749 g/mol. The number of amides is 3. The van der Waals surface area contributed by atoms with Crippen molar-refractivity contribution in [2.75, 3.05) is 26.2 Å². The van der Waals surface area contributed by atoms with E-state index in [-0.39, 0.29) is 58.9 Å². The van der Waals surface area contributed by atoms with E-state index >= 15 is 0 Å². The quantitative estimate of drug-likeness (QED) is 0.272. The Balaban J connectivity index is 1.18. The predicted octanol–water partition coefficient (Wildman–Crippen LogP) is 5.60. The minimum atomic E-state index is -4.19. The monoisotopic (exact) mass is 747 g/mol. The summed E-state index contributed by atoms with van der Waals surface area (Å²) in [7, 11) is -4.19. The van der Waals surface area contributed by atoms with Crippen molar-refractivity contribution in [2.45, 2.75) is 89.0 Å². The summed E-state index contributed by atoms with van der Waals surface area (Å²) in [6.45, 7) is 8.26. The van der Waals surface area contributed by atoms with Gasteiger partial charge in [0, 0.05) is 60.3 Å². The maximum Gasteiger partial charge on any atom is 0.407 e. The topological polar surface area (TPSA) is 147 Å². The molecule has 1 aromatic heterocycles. The van der Waals surface area contributed by atoms with Crippen LogP contribution in [0.1, 0.15) is 64.1 Å². The van der Waals surface area contributed by atoms with Gasteiger partial charge >= 0.3 is 6.09 Å². The summed E-state index contributed by atoms with van der Waals surface area (Å²) < 4.78 is 40.5. The van der Waals surface area contributed by atoms with Gasteiger partial charge in [-0.15, -0.1) is 0 Å². The maximum absolute atomic E-state index is 14.0. The molecule has 0 spiro atoms. The molecule has 2 aromatic carbocycles. The highest BCUT2D eigenvalue weighted by molar-refractivity contribution is 7.89. The van der Waals surface area contributed by atoms with Gasteiger partial charge in [-0.1, -0.05) is 41.4 Å². The number of sulfonamides is 1. The Labute approximate surface area is 302 Å². The van der Waals surface area contributed by atoms with Gasteiger partial charge in [-0.25, -0.2) is 18.2 Å². The molecule has 3 heterocycles. The minimum absolute atomic E-state index is 0.0636. The SMILES string of the molecule is Cc1ccc2cccc(OCc3c(Cl)ccc(S(=O)(=O)N4CCC[C@H]4C(=O)NC4CCN(C(=O)CCNC(=O)OC(C)(C)C)CC4)c3Cl)c2n1. The van der Waals surface area contributed by atoms with Crippen molar-refractivity contribution < 1.29 is 32.3 Å². The molecule has 2 fully saturated rings. The fourth-order valence-corrected chi connectivity index (χ4v) is 8.64. The Morgan fingerprint density at radius 3 is 2.46 bits per heavy atom. The number of fused-ring (bicyclic) bond motifs is 1. The summed E-state index contributed by atoms with van der Waals surface area (Å²) in [5.74, 6) is 0.0190. The Hall–Kier alpha value is -3.65. The number of nitrogens with one attached hydrogen (secondary N) is 2. The first kappa shape index (κ1) is 37.6. The van der Waals surface area contributed by atoms with Crippen molar-refractivity contribution in [1.29, 1.82) is 0 Å². The van der Waals surface area contributed by atoms with Crippen LogP contribution >= 0.6 is 23.2 Å². The second-order valence-corrected chi connectivity index (χ2v) is 16.2. The van der Waals surface area contributed by atoms with Gasteiger partial charge in [0.1, 0.15) is 34.4 Å². The van der Waals surface area contributed by atoms with Crippen molar-refractivity contribution in [2.24, 2.45) is 0 Å². The number of nitrogens with zero attached hydrogens (tertiary/aromatic N) is 3. The third-order valence-electron chi connectivity index (χ3n) is 8.64. The van der Waals surface area contributed by atoms with Crippen LogP contribution in [0.25, 0.3) is 10.9 Å². The maximum atomic E-state index is 14.0. The number of aryl methyl sites for hydroxylation is 1. The van der Waals surface area contributed by atoms with Gasteiger partial charge in [0.2, 0.25) is 21.8 Å². The number of halogens is 2. The molecule has 2 aliphatic heterocycles. The van der Waals surface area contributed by atoms with E-state index < -0.39 is 27.8 Å². The normalized spacial score (nSPS) is 17.5. The standard InChI is InChI=1S/C35H43Cl2N5O7S/c1-22-10-11-23-7-5-9-28(32(23)39-22)48-21-25-26(36)12-13-29(31(25)37)50(46,47)42-18-6-8-27(42)33(44)40-24-15-19-41(20-16-24)30(43)14-17-38-34(45)49-35(2,3)4/h5,7,9-13,24,27H,6,8,14-21H2,1-4H3,(H,38,45)(H,40,44)/t27-/m0/s1. The van der Waals surface area contributed by atoms with Gasteiger partial charge in [0.15, 0.2) is 0 Å². The molecule has 1 atom stereocenters. The first-order chi connectivity index (χ1) is 23.6. The zero-order valence-electron chi connectivity index (χ0n) is 28.6. The van der Waals surface area contributed by atoms with Crippen LogP contribution in [0.3, 0.4) is 0 Å². The van der Waals surface area contributed by atoms with E-state index in [1.54, 1.807) is 31.7 Å². The predicted molar refractivity (Wildman–Crippen MR) is 191 cm³/mol. The molecular formula is C35H43Cl2N5O7S. The molecule has 50 heavy (non-hydrogen) atoms. The molecule has 15 heteroatoms. The first-order valence-electron chi connectivity index (χ1n) is 16.7. The number of hydrogen-bond donors (Lipinski definition) is 2. The molecule has 5 rings (SSSR count). The summed E-state index contributed by atoms with van der Waals surface area (Å²) in [4.78, 5) is 44.1. The number of hydrogen-bond acceptors (Lipinski definition) is 8. The summed E-state index contributed by atoms with van der Waals surface area (Å²) >= 11 is 13.2. The van der Waals surface area contributed by atoms with Crippen molar-refractivity contribution >= 4 is 62.0 Å². The summed E-state index contributed by atoms with van der Waals surface area (Å²) in [6.07, 6.45) is 1.47. The number of aromatic nitrogens is 1. The summed E-state index contributed by atoms with van der Waals surface area (Å²) in [5, 5.41) is 6.68. The lowest BCUT2D eigenvalue weighted by molar-refractivity contribution is -0.132. The number of rotatable bonds is 10. The molecule has 12 nitrogen and oxygen atoms in total. The highest BCUT2D eigenvalue weighted by Gasteiger charge is 2.41. The van der Waals surface area contributed by atoms with Crippen molar-refractivity contribution in [3.05, 3.63) is 63.8 Å². The minimum Gasteiger partial charge on any atom is -0.487 e. The molecule has 270 valence electrons. The number of alkyl carbamates (subject to hydrolysis) is 1. The molecule has 2 N–H and O–H groups in total. The third-order valence-corrected chi connectivity index (χ3v) is 11.5. The van der Waals surface area contributed by atoms with Gasteiger partial charge < -0.3 is 25.0 Å². The van der Waals surface area contributed by atoms with Crippen molar-refractivity contribution in [1.82, 2.24) is 24.8 Å². The summed E-state index contributed by atoms with van der Waals surface area (Å²) in [6, 6.07) is 11.1. The molecule has 0 bridgehead atoms. The van der Waals surface area contributed by atoms with Crippen LogP contribution in [0.2, 0.25) is 10.0 Å². The third kappa shape index (κ3) is 8.98. The molecule has 3 aromatic rings. The van der Waals surface area contributed by atoms with Gasteiger partial charge in [0.25, 0.3) is 0 Å². The number of ether oxygens (including phenoxy) is 2. The van der Waals surface area contributed by atoms with Crippen LogP contribution in [0.5, 0.6) is 5.75 Å². The summed E-state index contributed by atoms with van der Waals surface area (Å²) in [5.41, 5.74) is 1.17. The number of benzene rings is 2. The number of likely N-dealkylation sites (tertiary alicyclic amines) is 1. The van der Waals surface area contributed by atoms with Gasteiger partial charge in [-0.05, 0) is 77.6 Å². The molecule has 2 aliphatic rings. The molecule has 0 saturated carbocycles. The lowest BCUT2D eigenvalue weighted by atomic mass is 10.0. The number of piperidine rings is 1. The molecule has 3 amide bonds. The van der Waals surface area contributed by atoms with Gasteiger partial charge in [-0.3, -0.25) is 9.59 Å². The molecule has 0 aliphatic carbocycles. The largest absolute Gasteiger partial charge is 0.487 e. The van der Waals surface area contributed by atoms with Crippen LogP contribution in [-0.2, 0) is 31.0 Å². The number of pyridine rings is 1. The zero-order valence-corrected chi connectivity index (χ0v) is 31.0. The van der Waals surface area contributed by atoms with Crippen LogP contribution in [-0.4, -0.2) is 84.4 Å². The second kappa shape index (κ2) is 15.7. The van der Waals surface area contributed by atoms with Crippen LogP contribution < -0.4 is 15.4 Å². The molecular weight excluding hydrogens is 705 g/mol. The Kier molecular flexibility index (Phi) is 11.8.